The van der Waals surface area contributed by atoms with Crippen LogP contribution in [0.25, 0.3) is 22.0 Å². The molecule has 2 aromatic carbocycles. The van der Waals surface area contributed by atoms with E-state index in [1.807, 2.05) is 32.0 Å². The number of fused-ring (bicyclic) bond motifs is 2. The van der Waals surface area contributed by atoms with Gasteiger partial charge in [-0.1, -0.05) is 12.6 Å². The summed E-state index contributed by atoms with van der Waals surface area (Å²) in [5.41, 5.74) is 11.6. The molecule has 30 heavy (non-hydrogen) atoms. The van der Waals surface area contributed by atoms with E-state index in [1.165, 1.54) is 12.1 Å². The largest absolute Gasteiger partial charge is 0.369 e. The van der Waals surface area contributed by atoms with Crippen LogP contribution in [0, 0.1) is 19.7 Å². The highest BCUT2D eigenvalue weighted by molar-refractivity contribution is 6.04. The molecule has 2 heterocycles. The van der Waals surface area contributed by atoms with Crippen molar-refractivity contribution in [3.8, 4) is 11.1 Å². The number of benzene rings is 2. The Hall–Kier alpha value is -3.41. The number of aromatic amines is 1. The van der Waals surface area contributed by atoms with Gasteiger partial charge in [0.2, 0.25) is 11.8 Å². The Balaban J connectivity index is 1.92. The molecule has 0 saturated heterocycles. The molecule has 1 aliphatic rings. The van der Waals surface area contributed by atoms with Crippen molar-refractivity contribution < 1.29 is 14.0 Å². The summed E-state index contributed by atoms with van der Waals surface area (Å²) >= 11 is 0. The fraction of sp³-hybridized carbons (Fsp3) is 0.250. The number of carbonyl (C=O) groups is 2. The Labute approximate surface area is 174 Å². The van der Waals surface area contributed by atoms with Crippen molar-refractivity contribution in [3.05, 3.63) is 65.1 Å². The number of hydrogen-bond donors (Lipinski definition) is 2. The van der Waals surface area contributed by atoms with E-state index in [9.17, 15) is 9.59 Å². The van der Waals surface area contributed by atoms with Crippen LogP contribution >= 0.6 is 0 Å². The van der Waals surface area contributed by atoms with Crippen LogP contribution in [0.1, 0.15) is 28.8 Å². The molecule has 3 aromatic rings. The zero-order valence-electron chi connectivity index (χ0n) is 17.1. The second-order valence-corrected chi connectivity index (χ2v) is 7.80. The molecule has 0 saturated carbocycles. The third-order valence-electron chi connectivity index (χ3n) is 5.90. The Morgan fingerprint density at radius 1 is 1.30 bits per heavy atom. The molecule has 0 unspecified atom stereocenters. The van der Waals surface area contributed by atoms with Crippen LogP contribution in [0.15, 0.2) is 36.9 Å². The summed E-state index contributed by atoms with van der Waals surface area (Å²) in [6, 6.07) is 7.08. The zero-order valence-corrected chi connectivity index (χ0v) is 17.1. The maximum atomic E-state index is 15.4. The summed E-state index contributed by atoms with van der Waals surface area (Å²) in [5, 5.41) is 0.763. The molecule has 1 aliphatic heterocycles. The molecule has 0 atom stereocenters. The van der Waals surface area contributed by atoms with Gasteiger partial charge in [-0.25, -0.2) is 4.39 Å². The first-order valence-corrected chi connectivity index (χ1v) is 9.97. The Morgan fingerprint density at radius 3 is 2.77 bits per heavy atom. The van der Waals surface area contributed by atoms with Crippen LogP contribution in [-0.2, 0) is 22.4 Å². The second-order valence-electron chi connectivity index (χ2n) is 7.80. The minimum atomic E-state index is -0.505. The highest BCUT2D eigenvalue weighted by atomic mass is 19.1. The van der Waals surface area contributed by atoms with Gasteiger partial charge in [0.1, 0.15) is 5.82 Å². The Morgan fingerprint density at radius 2 is 2.07 bits per heavy atom. The number of primary amides is 1. The molecular formula is C24H24FN3O2. The molecule has 2 amide bonds. The van der Waals surface area contributed by atoms with Gasteiger partial charge in [-0.05, 0) is 73.2 Å². The highest BCUT2D eigenvalue weighted by Crippen LogP contribution is 2.39. The number of aryl methyl sites for hydroxylation is 3. The van der Waals surface area contributed by atoms with E-state index < -0.39 is 11.7 Å². The van der Waals surface area contributed by atoms with Gasteiger partial charge in [-0.15, -0.1) is 0 Å². The monoisotopic (exact) mass is 405 g/mol. The predicted molar refractivity (Wildman–Crippen MR) is 117 cm³/mol. The molecule has 5 nitrogen and oxygen atoms in total. The first-order valence-electron chi connectivity index (χ1n) is 9.97. The highest BCUT2D eigenvalue weighted by Gasteiger charge is 2.24. The van der Waals surface area contributed by atoms with E-state index >= 15 is 4.39 Å². The van der Waals surface area contributed by atoms with Gasteiger partial charge in [-0.2, -0.15) is 0 Å². The van der Waals surface area contributed by atoms with E-state index in [1.54, 1.807) is 4.90 Å². The SMILES string of the molecule is C=CC(=O)N1CCCc2cc(-c3c(F)cc(CC(N)=O)c4[nH]c(C)c(C)c34)ccc21. The van der Waals surface area contributed by atoms with Crippen molar-refractivity contribution in [2.24, 2.45) is 5.73 Å². The maximum absolute atomic E-state index is 15.4. The van der Waals surface area contributed by atoms with E-state index in [4.69, 9.17) is 5.73 Å². The normalized spacial score (nSPS) is 13.4. The van der Waals surface area contributed by atoms with Crippen LogP contribution < -0.4 is 10.6 Å². The van der Waals surface area contributed by atoms with Crippen molar-refractivity contribution >= 4 is 28.4 Å². The average molecular weight is 405 g/mol. The van der Waals surface area contributed by atoms with E-state index in [0.29, 0.717) is 17.7 Å². The minimum Gasteiger partial charge on any atom is -0.369 e. The first kappa shape index (κ1) is 19.9. The van der Waals surface area contributed by atoms with Gasteiger partial charge in [-0.3, -0.25) is 9.59 Å². The Bertz CT molecular complexity index is 1210. The van der Waals surface area contributed by atoms with Gasteiger partial charge in [0.15, 0.2) is 0 Å². The summed E-state index contributed by atoms with van der Waals surface area (Å²) in [7, 11) is 0. The summed E-state index contributed by atoms with van der Waals surface area (Å²) in [6.07, 6.45) is 2.94. The topological polar surface area (TPSA) is 79.2 Å². The lowest BCUT2D eigenvalue weighted by Crippen LogP contribution is -2.34. The number of nitrogens with one attached hydrogen (secondary N) is 1. The van der Waals surface area contributed by atoms with Crippen LogP contribution in [0.4, 0.5) is 10.1 Å². The number of aromatic nitrogens is 1. The van der Waals surface area contributed by atoms with Gasteiger partial charge in [0.05, 0.1) is 11.9 Å². The summed E-state index contributed by atoms with van der Waals surface area (Å²) in [5.74, 6) is -1.03. The molecule has 6 heteroatoms. The van der Waals surface area contributed by atoms with Crippen LogP contribution in [0.2, 0.25) is 0 Å². The summed E-state index contributed by atoms with van der Waals surface area (Å²) in [4.78, 5) is 28.7. The van der Waals surface area contributed by atoms with E-state index in [0.717, 1.165) is 51.8 Å². The third-order valence-corrected chi connectivity index (χ3v) is 5.90. The predicted octanol–water partition coefficient (Wildman–Crippen LogP) is 4.08. The van der Waals surface area contributed by atoms with Crippen LogP contribution in [-0.4, -0.2) is 23.3 Å². The molecule has 0 spiro atoms. The number of H-pyrrole nitrogens is 1. The molecular weight excluding hydrogens is 381 g/mol. The Kier molecular flexibility index (Phi) is 4.94. The van der Waals surface area contributed by atoms with Crippen molar-refractivity contribution in [2.75, 3.05) is 11.4 Å². The molecule has 3 N–H and O–H groups in total. The number of amides is 2. The molecule has 0 radical (unpaired) electrons. The van der Waals surface area contributed by atoms with Crippen LogP contribution in [0.3, 0.4) is 0 Å². The van der Waals surface area contributed by atoms with E-state index in [-0.39, 0.29) is 12.3 Å². The quantitative estimate of drug-likeness (QED) is 0.642. The van der Waals surface area contributed by atoms with Crippen molar-refractivity contribution in [3.63, 3.8) is 0 Å². The molecule has 0 aliphatic carbocycles. The number of hydrogen-bond acceptors (Lipinski definition) is 2. The fourth-order valence-electron chi connectivity index (χ4n) is 4.39. The molecule has 0 fully saturated rings. The molecule has 4 rings (SSSR count). The standard InChI is InChI=1S/C24H24FN3O2/c1-4-21(30)28-9-5-6-15-10-16(7-8-19(15)28)23-18(25)11-17(12-20(26)29)24-22(23)13(2)14(3)27-24/h4,7-8,10-11,27H,1,5-6,9,12H2,2-3H3,(H2,26,29). The fourth-order valence-corrected chi connectivity index (χ4v) is 4.39. The van der Waals surface area contributed by atoms with E-state index in [2.05, 4.69) is 11.6 Å². The minimum absolute atomic E-state index is 0.0318. The second kappa shape index (κ2) is 7.44. The van der Waals surface area contributed by atoms with Gasteiger partial charge < -0.3 is 15.6 Å². The summed E-state index contributed by atoms with van der Waals surface area (Å²) in [6.45, 7) is 8.10. The van der Waals surface area contributed by atoms with Crippen molar-refractivity contribution in [1.29, 1.82) is 0 Å². The molecule has 154 valence electrons. The lowest BCUT2D eigenvalue weighted by molar-refractivity contribution is -0.117. The smallest absolute Gasteiger partial charge is 0.250 e. The number of nitrogens with zero attached hydrogens (tertiary/aromatic N) is 1. The summed E-state index contributed by atoms with van der Waals surface area (Å²) < 4.78 is 15.4. The number of carbonyl (C=O) groups excluding carboxylic acids is 2. The number of nitrogens with two attached hydrogens (primary N) is 1. The first-order chi connectivity index (χ1) is 14.3. The number of halogens is 1. The lowest BCUT2D eigenvalue weighted by Gasteiger charge is -2.29. The average Bonchev–Trinajstić information content (AvgIpc) is 3.01. The molecule has 1 aromatic heterocycles. The van der Waals surface area contributed by atoms with Crippen molar-refractivity contribution in [2.45, 2.75) is 33.1 Å². The number of rotatable bonds is 4. The van der Waals surface area contributed by atoms with Crippen LogP contribution in [0.5, 0.6) is 0 Å². The van der Waals surface area contributed by atoms with Crippen molar-refractivity contribution in [1.82, 2.24) is 4.98 Å². The molecule has 0 bridgehead atoms. The third kappa shape index (κ3) is 3.18. The lowest BCUT2D eigenvalue weighted by atomic mass is 9.91. The van der Waals surface area contributed by atoms with Gasteiger partial charge in [0, 0.05) is 28.9 Å². The van der Waals surface area contributed by atoms with Gasteiger partial charge >= 0.3 is 0 Å². The number of anilines is 1. The maximum Gasteiger partial charge on any atom is 0.250 e. The van der Waals surface area contributed by atoms with Gasteiger partial charge in [0.25, 0.3) is 0 Å². The zero-order chi connectivity index (χ0) is 21.6.